The average molecular weight is 402 g/mol. The highest BCUT2D eigenvalue weighted by atomic mass is 35.5. The van der Waals surface area contributed by atoms with E-state index >= 15 is 0 Å². The number of H-pyrrole nitrogens is 1. The Morgan fingerprint density at radius 3 is 2.61 bits per heavy atom. The summed E-state index contributed by atoms with van der Waals surface area (Å²) in [5.41, 5.74) is 3.67. The summed E-state index contributed by atoms with van der Waals surface area (Å²) in [6.45, 7) is 6.42. The van der Waals surface area contributed by atoms with Crippen molar-refractivity contribution < 1.29 is 9.59 Å². The molecule has 28 heavy (non-hydrogen) atoms. The molecule has 1 aliphatic carbocycles. The summed E-state index contributed by atoms with van der Waals surface area (Å²) in [7, 11) is 3.92. The number of rotatable bonds is 5. The summed E-state index contributed by atoms with van der Waals surface area (Å²) in [5, 5.41) is 3.69. The van der Waals surface area contributed by atoms with Crippen LogP contribution in [0.3, 0.4) is 0 Å². The number of carbonyl (C=O) groups excluding carboxylic acids is 2. The Morgan fingerprint density at radius 2 is 1.96 bits per heavy atom. The summed E-state index contributed by atoms with van der Waals surface area (Å²) in [4.78, 5) is 30.7. The van der Waals surface area contributed by atoms with Crippen molar-refractivity contribution in [3.8, 4) is 0 Å². The Labute approximate surface area is 171 Å². The van der Waals surface area contributed by atoms with E-state index in [-0.39, 0.29) is 23.1 Å². The van der Waals surface area contributed by atoms with Crippen LogP contribution in [0.25, 0.3) is 0 Å². The van der Waals surface area contributed by atoms with Crippen LogP contribution in [-0.2, 0) is 6.42 Å². The van der Waals surface area contributed by atoms with Gasteiger partial charge in [0.05, 0.1) is 6.04 Å². The van der Waals surface area contributed by atoms with E-state index in [1.807, 2.05) is 50.2 Å². The van der Waals surface area contributed by atoms with Gasteiger partial charge in [0.15, 0.2) is 5.78 Å². The van der Waals surface area contributed by atoms with Crippen LogP contribution in [0, 0.1) is 12.3 Å². The molecule has 2 aromatic rings. The molecule has 1 aromatic heterocycles. The van der Waals surface area contributed by atoms with Gasteiger partial charge in [0.1, 0.15) is 5.69 Å². The summed E-state index contributed by atoms with van der Waals surface area (Å²) < 4.78 is 0. The van der Waals surface area contributed by atoms with Crippen LogP contribution in [-0.4, -0.2) is 42.2 Å². The van der Waals surface area contributed by atoms with Gasteiger partial charge in [0.25, 0.3) is 5.91 Å². The molecule has 1 aromatic carbocycles. The Kier molecular flexibility index (Phi) is 5.69. The first-order valence-electron chi connectivity index (χ1n) is 9.54. The van der Waals surface area contributed by atoms with Crippen molar-refractivity contribution in [1.82, 2.24) is 15.2 Å². The number of hydrogen-bond acceptors (Lipinski definition) is 3. The lowest BCUT2D eigenvalue weighted by molar-refractivity contribution is 0.0909. The summed E-state index contributed by atoms with van der Waals surface area (Å²) >= 11 is 6.35. The predicted octanol–water partition coefficient (Wildman–Crippen LogP) is 4.16. The maximum atomic E-state index is 12.9. The molecule has 0 radical (unpaired) electrons. The molecule has 0 saturated carbocycles. The molecule has 0 saturated heterocycles. The molecule has 150 valence electrons. The highest BCUT2D eigenvalue weighted by Crippen LogP contribution is 2.36. The second-order valence-electron chi connectivity index (χ2n) is 8.63. The van der Waals surface area contributed by atoms with Crippen LogP contribution in [0.5, 0.6) is 0 Å². The van der Waals surface area contributed by atoms with E-state index in [4.69, 9.17) is 11.6 Å². The fourth-order valence-corrected chi connectivity index (χ4v) is 4.32. The molecular weight excluding hydrogens is 374 g/mol. The second kappa shape index (κ2) is 7.72. The third-order valence-electron chi connectivity index (χ3n) is 5.47. The van der Waals surface area contributed by atoms with Crippen molar-refractivity contribution in [3.05, 3.63) is 57.4 Å². The largest absolute Gasteiger partial charge is 0.354 e. The van der Waals surface area contributed by atoms with E-state index in [2.05, 4.69) is 24.1 Å². The zero-order chi connectivity index (χ0) is 20.6. The van der Waals surface area contributed by atoms with Crippen molar-refractivity contribution in [3.63, 3.8) is 0 Å². The van der Waals surface area contributed by atoms with E-state index in [0.29, 0.717) is 29.2 Å². The van der Waals surface area contributed by atoms with E-state index in [1.165, 1.54) is 0 Å². The minimum Gasteiger partial charge on any atom is -0.354 e. The molecule has 3 rings (SSSR count). The van der Waals surface area contributed by atoms with E-state index in [0.717, 1.165) is 23.2 Å². The first-order chi connectivity index (χ1) is 13.1. The number of nitrogens with one attached hydrogen (secondary N) is 2. The number of nitrogens with zero attached hydrogens (tertiary/aromatic N) is 1. The van der Waals surface area contributed by atoms with Gasteiger partial charge in [0, 0.05) is 29.2 Å². The fourth-order valence-electron chi connectivity index (χ4n) is 4.05. The van der Waals surface area contributed by atoms with Crippen LogP contribution in [0.2, 0.25) is 5.02 Å². The number of benzene rings is 1. The Morgan fingerprint density at radius 1 is 1.29 bits per heavy atom. The minimum atomic E-state index is -0.198. The fraction of sp³-hybridized carbons (Fsp3) is 0.455. The van der Waals surface area contributed by atoms with Crippen molar-refractivity contribution in [1.29, 1.82) is 0 Å². The number of carbonyl (C=O) groups is 2. The number of hydrogen-bond donors (Lipinski definition) is 2. The Balaban J connectivity index is 1.80. The molecule has 0 aliphatic heterocycles. The van der Waals surface area contributed by atoms with Crippen LogP contribution in [0.1, 0.15) is 64.0 Å². The van der Waals surface area contributed by atoms with Crippen molar-refractivity contribution in [2.45, 2.75) is 39.7 Å². The molecule has 6 heteroatoms. The maximum absolute atomic E-state index is 12.9. The van der Waals surface area contributed by atoms with Crippen LogP contribution in [0.4, 0.5) is 0 Å². The van der Waals surface area contributed by atoms with Gasteiger partial charge in [-0.1, -0.05) is 43.6 Å². The molecule has 1 unspecified atom stereocenters. The summed E-state index contributed by atoms with van der Waals surface area (Å²) in [5.74, 6) is -0.0855. The van der Waals surface area contributed by atoms with Crippen molar-refractivity contribution in [2.24, 2.45) is 5.41 Å². The Hall–Kier alpha value is -2.11. The van der Waals surface area contributed by atoms with Gasteiger partial charge < -0.3 is 15.2 Å². The maximum Gasteiger partial charge on any atom is 0.268 e. The molecule has 2 N–H and O–H groups in total. The van der Waals surface area contributed by atoms with Crippen molar-refractivity contribution >= 4 is 23.3 Å². The molecule has 5 nitrogen and oxygen atoms in total. The third-order valence-corrected chi connectivity index (χ3v) is 5.82. The lowest BCUT2D eigenvalue weighted by atomic mass is 9.75. The van der Waals surface area contributed by atoms with Gasteiger partial charge >= 0.3 is 0 Å². The molecular formula is C22H28ClN3O2. The van der Waals surface area contributed by atoms with E-state index in [9.17, 15) is 9.59 Å². The topological polar surface area (TPSA) is 65.2 Å². The zero-order valence-corrected chi connectivity index (χ0v) is 17.9. The predicted molar refractivity (Wildman–Crippen MR) is 112 cm³/mol. The Bertz CT molecular complexity index is 915. The summed E-state index contributed by atoms with van der Waals surface area (Å²) in [6, 6.07) is 7.60. The van der Waals surface area contributed by atoms with E-state index in [1.54, 1.807) is 0 Å². The minimum absolute atomic E-state index is 0.0527. The molecule has 1 amide bonds. The molecule has 0 fully saturated rings. The van der Waals surface area contributed by atoms with Crippen LogP contribution >= 0.6 is 11.6 Å². The standard InChI is InChI=1S/C22H28ClN3O2/c1-13-19-16(10-22(2,3)11-18(19)27)25-20(13)21(28)24-12-17(26(4)5)14-8-6-7-9-15(14)23/h6-9,17,25H,10-12H2,1-5H3,(H,24,28). The zero-order valence-electron chi connectivity index (χ0n) is 17.1. The first-order valence-corrected chi connectivity index (χ1v) is 9.92. The van der Waals surface area contributed by atoms with Gasteiger partial charge in [-0.2, -0.15) is 0 Å². The first kappa shape index (κ1) is 20.6. The van der Waals surface area contributed by atoms with Crippen LogP contribution < -0.4 is 5.32 Å². The lowest BCUT2D eigenvalue weighted by Crippen LogP contribution is -2.35. The van der Waals surface area contributed by atoms with Crippen molar-refractivity contribution in [2.75, 3.05) is 20.6 Å². The third kappa shape index (κ3) is 4.01. The number of halogens is 1. The molecule has 1 heterocycles. The van der Waals surface area contributed by atoms with Gasteiger partial charge in [0.2, 0.25) is 0 Å². The van der Waals surface area contributed by atoms with Crippen LogP contribution in [0.15, 0.2) is 24.3 Å². The molecule has 1 atom stereocenters. The summed E-state index contributed by atoms with van der Waals surface area (Å²) in [6.07, 6.45) is 1.27. The number of Topliss-reactive ketones (excluding diaryl/α,β-unsaturated/α-hetero) is 1. The number of aromatic nitrogens is 1. The lowest BCUT2D eigenvalue weighted by Gasteiger charge is -2.28. The van der Waals surface area contributed by atoms with E-state index < -0.39 is 0 Å². The SMILES string of the molecule is Cc1c(C(=O)NCC(c2ccccc2Cl)N(C)C)[nH]c2c1C(=O)CC(C)(C)C2. The van der Waals surface area contributed by atoms with Gasteiger partial charge in [-0.15, -0.1) is 0 Å². The highest BCUT2D eigenvalue weighted by Gasteiger charge is 2.35. The highest BCUT2D eigenvalue weighted by molar-refractivity contribution is 6.31. The van der Waals surface area contributed by atoms with Gasteiger partial charge in [-0.25, -0.2) is 0 Å². The average Bonchev–Trinajstić information content (AvgIpc) is 2.91. The second-order valence-corrected chi connectivity index (χ2v) is 9.04. The number of ketones is 1. The molecule has 1 aliphatic rings. The number of aromatic amines is 1. The number of fused-ring (bicyclic) bond motifs is 1. The number of amides is 1. The van der Waals surface area contributed by atoms with Gasteiger partial charge in [-0.3, -0.25) is 9.59 Å². The normalized spacial score (nSPS) is 16.8. The number of likely N-dealkylation sites (N-methyl/N-ethyl adjacent to an activating group) is 1. The molecule has 0 spiro atoms. The van der Waals surface area contributed by atoms with Gasteiger partial charge in [-0.05, 0) is 50.0 Å². The molecule has 0 bridgehead atoms. The monoisotopic (exact) mass is 401 g/mol. The smallest absolute Gasteiger partial charge is 0.268 e. The quantitative estimate of drug-likeness (QED) is 0.790.